The lowest BCUT2D eigenvalue weighted by Crippen LogP contribution is -2.04. The van der Waals surface area contributed by atoms with E-state index in [2.05, 4.69) is 4.99 Å². The first kappa shape index (κ1) is 13.3. The van der Waals surface area contributed by atoms with E-state index >= 15 is 0 Å². The summed E-state index contributed by atoms with van der Waals surface area (Å²) in [6, 6.07) is 3.93. The van der Waals surface area contributed by atoms with Gasteiger partial charge in [0.2, 0.25) is 12.4 Å². The van der Waals surface area contributed by atoms with Crippen molar-refractivity contribution in [2.45, 2.75) is 11.2 Å². The Balaban J connectivity index is 3.49. The minimum atomic E-state index is -3.55. The molecule has 0 spiro atoms. The largest absolute Gasteiger partial charge is 0.495 e. The lowest BCUT2D eigenvalue weighted by atomic mass is 10.2. The van der Waals surface area contributed by atoms with Crippen LogP contribution in [0.25, 0.3) is 0 Å². The minimum absolute atomic E-state index is 0.126. The van der Waals surface area contributed by atoms with Crippen LogP contribution in [0.15, 0.2) is 28.1 Å². The normalized spacial score (nSPS) is 12.6. The number of para-hydroxylation sites is 1. The smallest absolute Gasteiger partial charge is 0.238 e. The molecule has 0 radical (unpaired) electrons. The molecule has 0 heterocycles. The number of ether oxygens (including phenoxy) is 1. The Morgan fingerprint density at radius 2 is 2.12 bits per heavy atom. The van der Waals surface area contributed by atoms with Crippen molar-refractivity contribution in [1.29, 1.82) is 0 Å². The molecular formula is C10H10FNO4S. The summed E-state index contributed by atoms with van der Waals surface area (Å²) in [6.45, 7) is 0. The highest BCUT2D eigenvalue weighted by Gasteiger charge is 2.21. The Morgan fingerprint density at radius 1 is 1.47 bits per heavy atom. The van der Waals surface area contributed by atoms with Crippen LogP contribution in [0, 0.1) is 0 Å². The average molecular weight is 259 g/mol. The first-order chi connectivity index (χ1) is 7.91. The van der Waals surface area contributed by atoms with Crippen molar-refractivity contribution in [1.82, 2.24) is 0 Å². The number of isocyanates is 1. The van der Waals surface area contributed by atoms with Gasteiger partial charge in [0.25, 0.3) is 0 Å². The molecule has 0 aliphatic rings. The van der Waals surface area contributed by atoms with Crippen LogP contribution in [0.5, 0.6) is 5.75 Å². The van der Waals surface area contributed by atoms with Gasteiger partial charge in [-0.1, -0.05) is 12.1 Å². The molecule has 1 atom stereocenters. The summed E-state index contributed by atoms with van der Waals surface area (Å²) >= 11 is 0. The van der Waals surface area contributed by atoms with E-state index in [0.29, 0.717) is 0 Å². The summed E-state index contributed by atoms with van der Waals surface area (Å²) in [4.78, 5) is 12.7. The highest BCUT2D eigenvalue weighted by Crippen LogP contribution is 2.34. The molecule has 1 aromatic carbocycles. The summed E-state index contributed by atoms with van der Waals surface area (Å²) in [5.74, 6) is -0.151. The van der Waals surface area contributed by atoms with Gasteiger partial charge >= 0.3 is 0 Å². The van der Waals surface area contributed by atoms with E-state index in [9.17, 15) is 17.6 Å². The third-order valence-corrected chi connectivity index (χ3v) is 3.16. The highest BCUT2D eigenvalue weighted by atomic mass is 32.2. The van der Waals surface area contributed by atoms with E-state index in [1.807, 2.05) is 0 Å². The molecular weight excluding hydrogens is 249 g/mol. The highest BCUT2D eigenvalue weighted by molar-refractivity contribution is 7.90. The lowest BCUT2D eigenvalue weighted by molar-refractivity contribution is 0.330. The van der Waals surface area contributed by atoms with E-state index in [1.54, 1.807) is 0 Å². The first-order valence-corrected chi connectivity index (χ1v) is 6.39. The van der Waals surface area contributed by atoms with Crippen LogP contribution in [-0.4, -0.2) is 27.9 Å². The molecule has 1 rings (SSSR count). The molecule has 0 aliphatic heterocycles. The number of hydrogen-bond acceptors (Lipinski definition) is 5. The number of benzene rings is 1. The Bertz CT molecular complexity index is 564. The van der Waals surface area contributed by atoms with Crippen molar-refractivity contribution < 1.29 is 22.3 Å². The SMILES string of the molecule is COc1c(C(F)N=C=O)cccc1S(C)(=O)=O. The van der Waals surface area contributed by atoms with E-state index in [4.69, 9.17) is 4.74 Å². The number of methoxy groups -OCH3 is 1. The molecule has 1 unspecified atom stereocenters. The number of alkyl halides is 1. The van der Waals surface area contributed by atoms with Gasteiger partial charge in [-0.3, -0.25) is 0 Å². The van der Waals surface area contributed by atoms with Crippen molar-refractivity contribution in [2.24, 2.45) is 4.99 Å². The van der Waals surface area contributed by atoms with Gasteiger partial charge in [0.1, 0.15) is 10.6 Å². The van der Waals surface area contributed by atoms with Gasteiger partial charge in [-0.2, -0.15) is 4.99 Å². The average Bonchev–Trinajstić information content (AvgIpc) is 2.27. The molecule has 0 aromatic heterocycles. The fourth-order valence-electron chi connectivity index (χ4n) is 1.35. The van der Waals surface area contributed by atoms with Crippen molar-refractivity contribution in [3.8, 4) is 5.75 Å². The maximum absolute atomic E-state index is 13.4. The van der Waals surface area contributed by atoms with E-state index < -0.39 is 16.1 Å². The molecule has 92 valence electrons. The summed E-state index contributed by atoms with van der Waals surface area (Å²) < 4.78 is 41.2. The van der Waals surface area contributed by atoms with E-state index in [1.165, 1.54) is 25.3 Å². The van der Waals surface area contributed by atoms with Crippen LogP contribution in [-0.2, 0) is 14.6 Å². The number of aliphatic imine (C=N–C) groups is 1. The molecule has 0 aliphatic carbocycles. The monoisotopic (exact) mass is 259 g/mol. The molecule has 17 heavy (non-hydrogen) atoms. The second-order valence-electron chi connectivity index (χ2n) is 3.21. The number of carbonyl (C=O) groups excluding carboxylic acids is 1. The Morgan fingerprint density at radius 3 is 2.59 bits per heavy atom. The zero-order chi connectivity index (χ0) is 13.1. The van der Waals surface area contributed by atoms with Gasteiger partial charge in [-0.15, -0.1) is 0 Å². The van der Waals surface area contributed by atoms with Gasteiger partial charge in [0.15, 0.2) is 9.84 Å². The number of sulfone groups is 1. The number of nitrogens with zero attached hydrogens (tertiary/aromatic N) is 1. The summed E-state index contributed by atoms with van der Waals surface area (Å²) in [6.07, 6.45) is 0.0514. The number of rotatable bonds is 4. The van der Waals surface area contributed by atoms with E-state index in [-0.39, 0.29) is 16.2 Å². The van der Waals surface area contributed by atoms with Gasteiger partial charge in [0, 0.05) is 6.26 Å². The molecule has 0 amide bonds. The van der Waals surface area contributed by atoms with Gasteiger partial charge in [-0.25, -0.2) is 17.6 Å². The van der Waals surface area contributed by atoms with Crippen LogP contribution in [0.2, 0.25) is 0 Å². The molecule has 0 bridgehead atoms. The molecule has 0 saturated carbocycles. The quantitative estimate of drug-likeness (QED) is 0.465. The zero-order valence-electron chi connectivity index (χ0n) is 9.18. The topological polar surface area (TPSA) is 72.8 Å². The second kappa shape index (κ2) is 5.07. The first-order valence-electron chi connectivity index (χ1n) is 4.49. The predicted octanol–water partition coefficient (Wildman–Crippen LogP) is 1.40. The Labute approximate surface area is 97.9 Å². The molecule has 0 fully saturated rings. The third-order valence-electron chi connectivity index (χ3n) is 2.04. The summed E-state index contributed by atoms with van der Waals surface area (Å²) in [5, 5.41) is 0. The van der Waals surface area contributed by atoms with Crippen LogP contribution in [0.4, 0.5) is 4.39 Å². The van der Waals surface area contributed by atoms with Crippen molar-refractivity contribution in [3.05, 3.63) is 23.8 Å². The van der Waals surface area contributed by atoms with Crippen molar-refractivity contribution >= 4 is 15.9 Å². The van der Waals surface area contributed by atoms with Gasteiger partial charge < -0.3 is 4.74 Å². The van der Waals surface area contributed by atoms with Crippen LogP contribution in [0.1, 0.15) is 11.9 Å². The Kier molecular flexibility index (Phi) is 3.98. The van der Waals surface area contributed by atoms with Crippen molar-refractivity contribution in [3.63, 3.8) is 0 Å². The van der Waals surface area contributed by atoms with E-state index in [0.717, 1.165) is 12.3 Å². The van der Waals surface area contributed by atoms with Crippen LogP contribution >= 0.6 is 0 Å². The molecule has 5 nitrogen and oxygen atoms in total. The fraction of sp³-hybridized carbons (Fsp3) is 0.300. The summed E-state index contributed by atoms with van der Waals surface area (Å²) in [5.41, 5.74) is -0.126. The van der Waals surface area contributed by atoms with Gasteiger partial charge in [0.05, 0.1) is 12.7 Å². The number of halogens is 1. The third kappa shape index (κ3) is 2.89. The lowest BCUT2D eigenvalue weighted by Gasteiger charge is -2.12. The Hall–Kier alpha value is -1.72. The standard InChI is InChI=1S/C10H10FNO4S/c1-16-9-7(10(11)12-6-13)4-3-5-8(9)17(2,14)15/h3-5,10H,1-2H3. The molecule has 7 heteroatoms. The van der Waals surface area contributed by atoms with Crippen molar-refractivity contribution in [2.75, 3.05) is 13.4 Å². The molecule has 0 N–H and O–H groups in total. The molecule has 1 aromatic rings. The minimum Gasteiger partial charge on any atom is -0.495 e. The number of hydrogen-bond donors (Lipinski definition) is 0. The van der Waals surface area contributed by atoms with Crippen LogP contribution in [0.3, 0.4) is 0 Å². The fourth-order valence-corrected chi connectivity index (χ4v) is 2.21. The predicted molar refractivity (Wildman–Crippen MR) is 58.1 cm³/mol. The zero-order valence-corrected chi connectivity index (χ0v) is 9.99. The second-order valence-corrected chi connectivity index (χ2v) is 5.19. The molecule has 0 saturated heterocycles. The van der Waals surface area contributed by atoms with Gasteiger partial charge in [-0.05, 0) is 6.07 Å². The summed E-state index contributed by atoms with van der Waals surface area (Å²) in [7, 11) is -2.34. The maximum Gasteiger partial charge on any atom is 0.238 e. The van der Waals surface area contributed by atoms with Crippen LogP contribution < -0.4 is 4.74 Å². The maximum atomic E-state index is 13.4.